The predicted octanol–water partition coefficient (Wildman–Crippen LogP) is 4.83. The van der Waals surface area contributed by atoms with E-state index in [1.165, 1.54) is 0 Å². The minimum Gasteiger partial charge on any atom is -0.385 e. The predicted molar refractivity (Wildman–Crippen MR) is 92.1 cm³/mol. The zero-order valence-electron chi connectivity index (χ0n) is 12.2. The summed E-state index contributed by atoms with van der Waals surface area (Å²) in [6.07, 6.45) is 1.07. The maximum absolute atomic E-state index is 12.3. The zero-order chi connectivity index (χ0) is 15.2. The molecule has 0 aliphatic carbocycles. The average Bonchev–Trinajstić information content (AvgIpc) is 2.47. The fraction of sp³-hybridized carbons (Fsp3) is 0.235. The molecule has 2 N–H and O–H groups in total. The van der Waals surface area contributed by atoms with E-state index in [2.05, 4.69) is 33.5 Å². The molecule has 0 atom stereocenters. The molecule has 0 aliphatic rings. The quantitative estimate of drug-likeness (QED) is 0.813. The van der Waals surface area contributed by atoms with Crippen LogP contribution < -0.4 is 10.6 Å². The minimum absolute atomic E-state index is 0.0862. The van der Waals surface area contributed by atoms with Crippen LogP contribution >= 0.6 is 15.9 Å². The van der Waals surface area contributed by atoms with Gasteiger partial charge in [-0.1, -0.05) is 22.9 Å². The fourth-order valence-electron chi connectivity index (χ4n) is 2.03. The van der Waals surface area contributed by atoms with Crippen LogP contribution in [-0.4, -0.2) is 12.5 Å². The van der Waals surface area contributed by atoms with Crippen LogP contribution in [0.3, 0.4) is 0 Å². The molecule has 0 saturated carbocycles. The highest BCUT2D eigenvalue weighted by Gasteiger charge is 2.09. The Bertz CT molecular complexity index is 623. The molecule has 3 nitrogen and oxygen atoms in total. The lowest BCUT2D eigenvalue weighted by Crippen LogP contribution is -2.13. The third-order valence-corrected chi connectivity index (χ3v) is 3.68. The molecule has 0 saturated heterocycles. The highest BCUT2D eigenvalue weighted by molar-refractivity contribution is 9.10. The van der Waals surface area contributed by atoms with Crippen molar-refractivity contribution >= 4 is 33.2 Å². The van der Waals surface area contributed by atoms with Crippen LogP contribution in [-0.2, 0) is 0 Å². The Kier molecular flexibility index (Phi) is 5.39. The first kappa shape index (κ1) is 15.6. The van der Waals surface area contributed by atoms with E-state index in [1.54, 1.807) is 0 Å². The highest BCUT2D eigenvalue weighted by Crippen LogP contribution is 2.18. The van der Waals surface area contributed by atoms with Gasteiger partial charge in [-0.15, -0.1) is 0 Å². The van der Waals surface area contributed by atoms with Crippen LogP contribution in [0, 0.1) is 6.92 Å². The van der Waals surface area contributed by atoms with Gasteiger partial charge in [0.05, 0.1) is 0 Å². The third kappa shape index (κ3) is 4.33. The van der Waals surface area contributed by atoms with Crippen molar-refractivity contribution in [3.05, 3.63) is 58.1 Å². The van der Waals surface area contributed by atoms with Crippen LogP contribution in [0.4, 0.5) is 11.4 Å². The number of carbonyl (C=O) groups excluding carboxylic acids is 1. The Morgan fingerprint density at radius 3 is 2.38 bits per heavy atom. The van der Waals surface area contributed by atoms with Crippen molar-refractivity contribution in [3.8, 4) is 0 Å². The molecular formula is C17H19BrN2O. The molecule has 110 valence electrons. The van der Waals surface area contributed by atoms with Crippen molar-refractivity contribution in [2.75, 3.05) is 17.2 Å². The smallest absolute Gasteiger partial charge is 0.255 e. The van der Waals surface area contributed by atoms with Crippen molar-refractivity contribution in [2.45, 2.75) is 20.3 Å². The Balaban J connectivity index is 2.10. The summed E-state index contributed by atoms with van der Waals surface area (Å²) in [6.45, 7) is 5.01. The van der Waals surface area contributed by atoms with Crippen molar-refractivity contribution in [1.29, 1.82) is 0 Å². The largest absolute Gasteiger partial charge is 0.385 e. The summed E-state index contributed by atoms with van der Waals surface area (Å²) in [5.74, 6) is -0.0862. The van der Waals surface area contributed by atoms with Gasteiger partial charge in [0.15, 0.2) is 0 Å². The molecular weight excluding hydrogens is 328 g/mol. The van der Waals surface area contributed by atoms with E-state index in [4.69, 9.17) is 0 Å². The molecule has 0 aromatic heterocycles. The maximum atomic E-state index is 12.3. The first-order chi connectivity index (χ1) is 10.1. The molecule has 0 fully saturated rings. The van der Waals surface area contributed by atoms with Gasteiger partial charge in [-0.2, -0.15) is 0 Å². The van der Waals surface area contributed by atoms with Gasteiger partial charge in [0.1, 0.15) is 0 Å². The van der Waals surface area contributed by atoms with Crippen LogP contribution in [0.25, 0.3) is 0 Å². The molecule has 2 aromatic carbocycles. The van der Waals surface area contributed by atoms with Gasteiger partial charge in [0.2, 0.25) is 0 Å². The number of rotatable bonds is 5. The van der Waals surface area contributed by atoms with E-state index in [-0.39, 0.29) is 5.91 Å². The molecule has 0 spiro atoms. The number of carbonyl (C=O) groups is 1. The molecule has 21 heavy (non-hydrogen) atoms. The molecule has 0 aliphatic heterocycles. The van der Waals surface area contributed by atoms with E-state index in [0.29, 0.717) is 5.56 Å². The normalized spacial score (nSPS) is 10.2. The van der Waals surface area contributed by atoms with Gasteiger partial charge >= 0.3 is 0 Å². The Hall–Kier alpha value is -1.81. The molecule has 1 amide bonds. The van der Waals surface area contributed by atoms with Gasteiger partial charge < -0.3 is 10.6 Å². The number of hydrogen-bond donors (Lipinski definition) is 2. The first-order valence-corrected chi connectivity index (χ1v) is 7.81. The Labute approximate surface area is 133 Å². The summed E-state index contributed by atoms with van der Waals surface area (Å²) < 4.78 is 0.989. The van der Waals surface area contributed by atoms with Gasteiger partial charge in [0, 0.05) is 28.0 Å². The highest BCUT2D eigenvalue weighted by atomic mass is 79.9. The number of anilines is 2. The summed E-state index contributed by atoms with van der Waals surface area (Å²) >= 11 is 3.38. The van der Waals surface area contributed by atoms with Gasteiger partial charge in [-0.25, -0.2) is 0 Å². The molecule has 4 heteroatoms. The first-order valence-electron chi connectivity index (χ1n) is 7.01. The van der Waals surface area contributed by atoms with Crippen molar-refractivity contribution < 1.29 is 4.79 Å². The number of halogens is 1. The average molecular weight is 347 g/mol. The SMILES string of the molecule is CCCNc1ccc(C(=O)Nc2ccc(Br)cc2)c(C)c1. The number of aryl methyl sites for hydroxylation is 1. The summed E-state index contributed by atoms with van der Waals surface area (Å²) in [6, 6.07) is 13.4. The molecule has 0 bridgehead atoms. The van der Waals surface area contributed by atoms with E-state index >= 15 is 0 Å². The Morgan fingerprint density at radius 1 is 1.10 bits per heavy atom. The molecule has 0 radical (unpaired) electrons. The lowest BCUT2D eigenvalue weighted by molar-refractivity contribution is 0.102. The summed E-state index contributed by atoms with van der Waals surface area (Å²) in [7, 11) is 0. The van der Waals surface area contributed by atoms with Crippen molar-refractivity contribution in [2.24, 2.45) is 0 Å². The van der Waals surface area contributed by atoms with Gasteiger partial charge in [-0.3, -0.25) is 4.79 Å². The standard InChI is InChI=1S/C17H19BrN2O/c1-3-10-19-15-8-9-16(12(2)11-15)17(21)20-14-6-4-13(18)5-7-14/h4-9,11,19H,3,10H2,1-2H3,(H,20,21). The van der Waals surface area contributed by atoms with Gasteiger partial charge in [-0.05, 0) is 61.4 Å². The van der Waals surface area contributed by atoms with Crippen molar-refractivity contribution in [3.63, 3.8) is 0 Å². The lowest BCUT2D eigenvalue weighted by atomic mass is 10.1. The fourth-order valence-corrected chi connectivity index (χ4v) is 2.29. The summed E-state index contributed by atoms with van der Waals surface area (Å²) in [5.41, 5.74) is 3.50. The van der Waals surface area contributed by atoms with E-state index < -0.39 is 0 Å². The van der Waals surface area contributed by atoms with Crippen molar-refractivity contribution in [1.82, 2.24) is 0 Å². The molecule has 0 heterocycles. The van der Waals surface area contributed by atoms with Crippen LogP contribution in [0.15, 0.2) is 46.9 Å². The van der Waals surface area contributed by atoms with Crippen LogP contribution in [0.1, 0.15) is 29.3 Å². The van der Waals surface area contributed by atoms with Crippen LogP contribution in [0.5, 0.6) is 0 Å². The minimum atomic E-state index is -0.0862. The second-order valence-electron chi connectivity index (χ2n) is 4.92. The summed E-state index contributed by atoms with van der Waals surface area (Å²) in [5, 5.41) is 6.23. The summed E-state index contributed by atoms with van der Waals surface area (Å²) in [4.78, 5) is 12.3. The van der Waals surface area contributed by atoms with E-state index in [1.807, 2.05) is 49.4 Å². The monoisotopic (exact) mass is 346 g/mol. The number of benzene rings is 2. The van der Waals surface area contributed by atoms with Crippen LogP contribution in [0.2, 0.25) is 0 Å². The third-order valence-electron chi connectivity index (χ3n) is 3.15. The topological polar surface area (TPSA) is 41.1 Å². The number of amides is 1. The zero-order valence-corrected chi connectivity index (χ0v) is 13.8. The molecule has 2 rings (SSSR count). The van der Waals surface area contributed by atoms with E-state index in [9.17, 15) is 4.79 Å². The number of hydrogen-bond acceptors (Lipinski definition) is 2. The molecule has 2 aromatic rings. The van der Waals surface area contributed by atoms with Gasteiger partial charge in [0.25, 0.3) is 5.91 Å². The second kappa shape index (κ2) is 7.27. The second-order valence-corrected chi connectivity index (χ2v) is 5.83. The lowest BCUT2D eigenvalue weighted by Gasteiger charge is -2.10. The maximum Gasteiger partial charge on any atom is 0.255 e. The Morgan fingerprint density at radius 2 is 1.76 bits per heavy atom. The molecule has 0 unspecified atom stereocenters. The number of nitrogens with one attached hydrogen (secondary N) is 2. The van der Waals surface area contributed by atoms with E-state index in [0.717, 1.165) is 34.4 Å².